The van der Waals surface area contributed by atoms with Crippen molar-refractivity contribution in [3.8, 4) is 0 Å². The molecule has 0 spiro atoms. The highest BCUT2D eigenvalue weighted by atomic mass is 16.3. The van der Waals surface area contributed by atoms with Crippen molar-refractivity contribution < 1.29 is 10.2 Å². The van der Waals surface area contributed by atoms with Crippen molar-refractivity contribution in [1.82, 2.24) is 0 Å². The second-order valence-corrected chi connectivity index (χ2v) is 4.13. The SMILES string of the molecule is CCCCCCCC(O)C=CC(O)CC. The van der Waals surface area contributed by atoms with Crippen LogP contribution in [0.3, 0.4) is 0 Å². The third-order valence-corrected chi connectivity index (χ3v) is 2.58. The van der Waals surface area contributed by atoms with E-state index in [0.717, 1.165) is 12.8 Å². The Bertz CT molecular complexity index is 155. The third-order valence-electron chi connectivity index (χ3n) is 2.58. The smallest absolute Gasteiger partial charge is 0.0721 e. The molecule has 2 atom stereocenters. The highest BCUT2D eigenvalue weighted by Gasteiger charge is 2.00. The molecule has 0 aromatic carbocycles. The van der Waals surface area contributed by atoms with Crippen molar-refractivity contribution in [1.29, 1.82) is 0 Å². The van der Waals surface area contributed by atoms with Gasteiger partial charge < -0.3 is 10.2 Å². The molecular formula is C13H26O2. The summed E-state index contributed by atoms with van der Waals surface area (Å²) in [5.74, 6) is 0. The molecule has 0 aromatic rings. The van der Waals surface area contributed by atoms with E-state index in [1.165, 1.54) is 25.7 Å². The van der Waals surface area contributed by atoms with Gasteiger partial charge in [-0.2, -0.15) is 0 Å². The Labute approximate surface area is 94.0 Å². The van der Waals surface area contributed by atoms with E-state index in [1.807, 2.05) is 6.92 Å². The zero-order valence-corrected chi connectivity index (χ0v) is 10.2. The molecule has 2 N–H and O–H groups in total. The number of unbranched alkanes of at least 4 members (excludes halogenated alkanes) is 4. The quantitative estimate of drug-likeness (QED) is 0.457. The molecule has 0 saturated heterocycles. The van der Waals surface area contributed by atoms with E-state index in [0.29, 0.717) is 6.42 Å². The van der Waals surface area contributed by atoms with Crippen LogP contribution in [0.25, 0.3) is 0 Å². The molecule has 0 aliphatic carbocycles. The molecule has 2 nitrogen and oxygen atoms in total. The summed E-state index contributed by atoms with van der Waals surface area (Å²) in [6.07, 6.45) is 10.2. The molecule has 0 amide bonds. The fraction of sp³-hybridized carbons (Fsp3) is 0.846. The van der Waals surface area contributed by atoms with Crippen LogP contribution in [0, 0.1) is 0 Å². The van der Waals surface area contributed by atoms with E-state index >= 15 is 0 Å². The van der Waals surface area contributed by atoms with Gasteiger partial charge in [-0.05, 0) is 12.8 Å². The summed E-state index contributed by atoms with van der Waals surface area (Å²) in [6, 6.07) is 0. The summed E-state index contributed by atoms with van der Waals surface area (Å²) in [7, 11) is 0. The average Bonchev–Trinajstić information content (AvgIpc) is 2.25. The second-order valence-electron chi connectivity index (χ2n) is 4.13. The monoisotopic (exact) mass is 214 g/mol. The normalized spacial score (nSPS) is 15.7. The Kier molecular flexibility index (Phi) is 9.96. The van der Waals surface area contributed by atoms with Crippen LogP contribution < -0.4 is 0 Å². The number of aliphatic hydroxyl groups is 2. The molecule has 0 aromatic heterocycles. The van der Waals surface area contributed by atoms with Crippen LogP contribution in [0.5, 0.6) is 0 Å². The fourth-order valence-corrected chi connectivity index (χ4v) is 1.45. The summed E-state index contributed by atoms with van der Waals surface area (Å²) >= 11 is 0. The largest absolute Gasteiger partial charge is 0.389 e. The molecule has 0 saturated carbocycles. The van der Waals surface area contributed by atoms with Gasteiger partial charge in [0, 0.05) is 0 Å². The Balaban J connectivity index is 3.40. The number of rotatable bonds is 9. The van der Waals surface area contributed by atoms with Crippen LogP contribution >= 0.6 is 0 Å². The third kappa shape index (κ3) is 9.95. The molecule has 2 heteroatoms. The van der Waals surface area contributed by atoms with Crippen LogP contribution in [0.4, 0.5) is 0 Å². The van der Waals surface area contributed by atoms with Gasteiger partial charge >= 0.3 is 0 Å². The first-order chi connectivity index (χ1) is 7.20. The van der Waals surface area contributed by atoms with Crippen LogP contribution in [-0.2, 0) is 0 Å². The van der Waals surface area contributed by atoms with Gasteiger partial charge in [-0.25, -0.2) is 0 Å². The van der Waals surface area contributed by atoms with E-state index in [1.54, 1.807) is 12.2 Å². The topological polar surface area (TPSA) is 40.5 Å². The maximum Gasteiger partial charge on any atom is 0.0721 e. The summed E-state index contributed by atoms with van der Waals surface area (Å²) in [4.78, 5) is 0. The van der Waals surface area contributed by atoms with E-state index in [4.69, 9.17) is 0 Å². The van der Waals surface area contributed by atoms with Gasteiger partial charge in [-0.3, -0.25) is 0 Å². The van der Waals surface area contributed by atoms with E-state index in [-0.39, 0.29) is 6.10 Å². The van der Waals surface area contributed by atoms with E-state index < -0.39 is 6.10 Å². The highest BCUT2D eigenvalue weighted by Crippen LogP contribution is 2.08. The summed E-state index contributed by atoms with van der Waals surface area (Å²) in [5.41, 5.74) is 0. The molecule has 0 fully saturated rings. The van der Waals surface area contributed by atoms with Gasteiger partial charge in [0.1, 0.15) is 0 Å². The Morgan fingerprint density at radius 2 is 1.47 bits per heavy atom. The van der Waals surface area contributed by atoms with E-state index in [9.17, 15) is 10.2 Å². The highest BCUT2D eigenvalue weighted by molar-refractivity contribution is 4.92. The first-order valence-corrected chi connectivity index (χ1v) is 6.25. The van der Waals surface area contributed by atoms with E-state index in [2.05, 4.69) is 6.92 Å². The van der Waals surface area contributed by atoms with Gasteiger partial charge in [0.15, 0.2) is 0 Å². The van der Waals surface area contributed by atoms with Gasteiger partial charge in [-0.1, -0.05) is 58.1 Å². The van der Waals surface area contributed by atoms with Crippen LogP contribution in [0.15, 0.2) is 12.2 Å². The van der Waals surface area contributed by atoms with Crippen molar-refractivity contribution in [2.24, 2.45) is 0 Å². The first kappa shape index (κ1) is 14.7. The summed E-state index contributed by atoms with van der Waals surface area (Å²) in [5, 5.41) is 18.8. The lowest BCUT2D eigenvalue weighted by atomic mass is 10.1. The molecule has 0 heterocycles. The lowest BCUT2D eigenvalue weighted by Crippen LogP contribution is -2.05. The average molecular weight is 214 g/mol. The van der Waals surface area contributed by atoms with Crippen molar-refractivity contribution in [3.63, 3.8) is 0 Å². The standard InChI is InChI=1S/C13H26O2/c1-3-5-6-7-8-9-13(15)11-10-12(14)4-2/h10-15H,3-9H2,1-2H3. The molecule has 0 aliphatic heterocycles. The zero-order chi connectivity index (χ0) is 11.5. The van der Waals surface area contributed by atoms with Gasteiger partial charge in [0.2, 0.25) is 0 Å². The second kappa shape index (κ2) is 10.2. The predicted molar refractivity (Wildman–Crippen MR) is 64.8 cm³/mol. The molecular weight excluding hydrogens is 188 g/mol. The van der Waals surface area contributed by atoms with Crippen LogP contribution in [-0.4, -0.2) is 22.4 Å². The minimum Gasteiger partial charge on any atom is -0.389 e. The lowest BCUT2D eigenvalue weighted by Gasteiger charge is -2.06. The summed E-state index contributed by atoms with van der Waals surface area (Å²) < 4.78 is 0. The molecule has 0 radical (unpaired) electrons. The number of hydrogen-bond acceptors (Lipinski definition) is 2. The van der Waals surface area contributed by atoms with Crippen molar-refractivity contribution >= 4 is 0 Å². The van der Waals surface area contributed by atoms with Crippen LogP contribution in [0.1, 0.15) is 58.8 Å². The van der Waals surface area contributed by atoms with Crippen molar-refractivity contribution in [3.05, 3.63) is 12.2 Å². The van der Waals surface area contributed by atoms with Gasteiger partial charge in [0.05, 0.1) is 12.2 Å². The molecule has 0 rings (SSSR count). The molecule has 2 unspecified atom stereocenters. The fourth-order valence-electron chi connectivity index (χ4n) is 1.45. The zero-order valence-electron chi connectivity index (χ0n) is 10.2. The predicted octanol–water partition coefficient (Wildman–Crippen LogP) is 3.03. The lowest BCUT2D eigenvalue weighted by molar-refractivity contribution is 0.196. The summed E-state index contributed by atoms with van der Waals surface area (Å²) in [6.45, 7) is 4.12. The van der Waals surface area contributed by atoms with Crippen molar-refractivity contribution in [2.75, 3.05) is 0 Å². The van der Waals surface area contributed by atoms with Crippen molar-refractivity contribution in [2.45, 2.75) is 71.0 Å². The molecule has 90 valence electrons. The maximum atomic E-state index is 9.55. The number of aliphatic hydroxyl groups excluding tert-OH is 2. The Morgan fingerprint density at radius 3 is 2.07 bits per heavy atom. The Hall–Kier alpha value is -0.340. The van der Waals surface area contributed by atoms with Gasteiger partial charge in [-0.15, -0.1) is 0 Å². The first-order valence-electron chi connectivity index (χ1n) is 6.25. The molecule has 0 aliphatic rings. The van der Waals surface area contributed by atoms with Gasteiger partial charge in [0.25, 0.3) is 0 Å². The molecule has 15 heavy (non-hydrogen) atoms. The Morgan fingerprint density at radius 1 is 0.867 bits per heavy atom. The minimum absolute atomic E-state index is 0.382. The molecule has 0 bridgehead atoms. The number of hydrogen-bond donors (Lipinski definition) is 2. The minimum atomic E-state index is -0.403. The maximum absolute atomic E-state index is 9.55. The van der Waals surface area contributed by atoms with Crippen LogP contribution in [0.2, 0.25) is 0 Å².